The van der Waals surface area contributed by atoms with Gasteiger partial charge in [0.15, 0.2) is 6.29 Å². The monoisotopic (exact) mass is 405 g/mol. The van der Waals surface area contributed by atoms with Crippen LogP contribution in [0, 0.1) is 13.8 Å². The molecule has 1 saturated heterocycles. The first-order valence-electron chi connectivity index (χ1n) is 10.7. The van der Waals surface area contributed by atoms with E-state index >= 15 is 0 Å². The predicted octanol–water partition coefficient (Wildman–Crippen LogP) is 4.15. The maximum Gasteiger partial charge on any atom is 0.195 e. The highest BCUT2D eigenvalue weighted by atomic mass is 16.5. The van der Waals surface area contributed by atoms with Gasteiger partial charge in [-0.2, -0.15) is 0 Å². The topological polar surface area (TPSA) is 69.7 Å². The largest absolute Gasteiger partial charge is 0.490 e. The van der Waals surface area contributed by atoms with Crippen LogP contribution in [0.5, 0.6) is 5.75 Å². The Kier molecular flexibility index (Phi) is 6.23. The smallest absolute Gasteiger partial charge is 0.195 e. The van der Waals surface area contributed by atoms with Gasteiger partial charge in [0.2, 0.25) is 0 Å². The minimum absolute atomic E-state index is 0.238. The van der Waals surface area contributed by atoms with Crippen molar-refractivity contribution in [3.63, 3.8) is 0 Å². The normalized spacial score (nSPS) is 19.4. The molecule has 158 valence electrons. The average Bonchev–Trinajstić information content (AvgIpc) is 2.76. The minimum atomic E-state index is -0.238. The van der Waals surface area contributed by atoms with E-state index in [1.807, 2.05) is 37.4 Å². The van der Waals surface area contributed by atoms with Crippen LogP contribution in [0.1, 0.15) is 30.9 Å². The third-order valence-electron chi connectivity index (χ3n) is 5.70. The highest BCUT2D eigenvalue weighted by Gasteiger charge is 2.16. The van der Waals surface area contributed by atoms with E-state index in [-0.39, 0.29) is 6.29 Å². The highest BCUT2D eigenvalue weighted by Crippen LogP contribution is 2.23. The molecule has 0 saturated carbocycles. The van der Waals surface area contributed by atoms with E-state index in [1.54, 1.807) is 0 Å². The SMILES string of the molecule is CC1=C(Nc2cccc(C)c2C)NC(Nc2ccc(OC3CCNCC3)cc2)N=C1. The predicted molar refractivity (Wildman–Crippen MR) is 124 cm³/mol. The number of benzene rings is 2. The molecular weight excluding hydrogens is 374 g/mol. The number of aliphatic imine (C=N–C) groups is 1. The van der Waals surface area contributed by atoms with Crippen LogP contribution < -0.4 is 26.0 Å². The molecule has 6 heteroatoms. The lowest BCUT2D eigenvalue weighted by Gasteiger charge is -2.27. The third-order valence-corrected chi connectivity index (χ3v) is 5.70. The van der Waals surface area contributed by atoms with Crippen LogP contribution in [0.25, 0.3) is 0 Å². The summed E-state index contributed by atoms with van der Waals surface area (Å²) in [6.45, 7) is 8.36. The number of anilines is 2. The summed E-state index contributed by atoms with van der Waals surface area (Å²) in [5, 5.41) is 13.8. The van der Waals surface area contributed by atoms with E-state index in [9.17, 15) is 0 Å². The lowest BCUT2D eigenvalue weighted by atomic mass is 10.1. The molecule has 2 aliphatic rings. The number of aryl methyl sites for hydroxylation is 1. The Labute approximate surface area is 178 Å². The standard InChI is InChI=1S/C24H31N5O/c1-16-5-4-6-22(18(16)3)28-23-17(2)15-26-24(29-23)27-19-7-9-20(10-8-19)30-21-11-13-25-14-12-21/h4-10,15,21,24-25,27-29H,11-14H2,1-3H3. The van der Waals surface area contributed by atoms with Crippen molar-refractivity contribution in [3.05, 3.63) is 65.0 Å². The summed E-state index contributed by atoms with van der Waals surface area (Å²) in [6.07, 6.45) is 4.08. The van der Waals surface area contributed by atoms with Gasteiger partial charge in [-0.05, 0) is 88.2 Å². The van der Waals surface area contributed by atoms with Gasteiger partial charge < -0.3 is 26.0 Å². The van der Waals surface area contributed by atoms with Crippen LogP contribution in [0.4, 0.5) is 11.4 Å². The van der Waals surface area contributed by atoms with E-state index in [4.69, 9.17) is 4.74 Å². The first-order valence-corrected chi connectivity index (χ1v) is 10.7. The molecule has 1 atom stereocenters. The Morgan fingerprint density at radius 1 is 1.00 bits per heavy atom. The fourth-order valence-electron chi connectivity index (χ4n) is 3.66. The number of hydrogen-bond donors (Lipinski definition) is 4. The number of nitrogens with zero attached hydrogens (tertiary/aromatic N) is 1. The van der Waals surface area contributed by atoms with Crippen LogP contribution in [0.15, 0.2) is 58.9 Å². The second-order valence-corrected chi connectivity index (χ2v) is 7.99. The Morgan fingerprint density at radius 3 is 2.53 bits per heavy atom. The van der Waals surface area contributed by atoms with E-state index in [0.717, 1.165) is 54.4 Å². The first kappa shape index (κ1) is 20.3. The van der Waals surface area contributed by atoms with Gasteiger partial charge in [-0.3, -0.25) is 0 Å². The maximum absolute atomic E-state index is 6.09. The number of rotatable bonds is 6. The molecule has 2 heterocycles. The van der Waals surface area contributed by atoms with Crippen molar-refractivity contribution >= 4 is 17.6 Å². The van der Waals surface area contributed by atoms with Crippen LogP contribution in [-0.2, 0) is 0 Å². The van der Waals surface area contributed by atoms with Gasteiger partial charge in [-0.25, -0.2) is 4.99 Å². The molecule has 0 radical (unpaired) electrons. The molecule has 30 heavy (non-hydrogen) atoms. The molecule has 0 amide bonds. The molecule has 6 nitrogen and oxygen atoms in total. The Morgan fingerprint density at radius 2 is 1.77 bits per heavy atom. The number of piperidine rings is 1. The zero-order valence-corrected chi connectivity index (χ0v) is 18.0. The summed E-state index contributed by atoms with van der Waals surface area (Å²) in [6, 6.07) is 14.4. The number of allylic oxidation sites excluding steroid dienone is 1. The van der Waals surface area contributed by atoms with Crippen molar-refractivity contribution in [2.45, 2.75) is 46.0 Å². The molecule has 1 unspecified atom stereocenters. The Hall–Kier alpha value is -2.99. The summed E-state index contributed by atoms with van der Waals surface area (Å²) in [7, 11) is 0. The van der Waals surface area contributed by atoms with Gasteiger partial charge in [-0.1, -0.05) is 12.1 Å². The highest BCUT2D eigenvalue weighted by molar-refractivity contribution is 5.81. The molecule has 1 fully saturated rings. The van der Waals surface area contributed by atoms with Gasteiger partial charge in [0.1, 0.15) is 17.7 Å². The molecule has 4 rings (SSSR count). The second-order valence-electron chi connectivity index (χ2n) is 7.99. The van der Waals surface area contributed by atoms with Crippen molar-refractivity contribution in [1.29, 1.82) is 0 Å². The third kappa shape index (κ3) is 4.94. The van der Waals surface area contributed by atoms with Gasteiger partial charge in [0.05, 0.1) is 0 Å². The van der Waals surface area contributed by atoms with Gasteiger partial charge >= 0.3 is 0 Å². The van der Waals surface area contributed by atoms with Crippen molar-refractivity contribution in [2.75, 3.05) is 23.7 Å². The van der Waals surface area contributed by atoms with Gasteiger partial charge in [0, 0.05) is 23.2 Å². The van der Waals surface area contributed by atoms with Crippen molar-refractivity contribution in [1.82, 2.24) is 10.6 Å². The average molecular weight is 406 g/mol. The molecular formula is C24H31N5O. The fraction of sp³-hybridized carbons (Fsp3) is 0.375. The molecule has 2 aromatic carbocycles. The van der Waals surface area contributed by atoms with Crippen LogP contribution >= 0.6 is 0 Å². The quantitative estimate of drug-likeness (QED) is 0.581. The number of hydrogen-bond acceptors (Lipinski definition) is 6. The van der Waals surface area contributed by atoms with E-state index in [2.05, 4.69) is 58.3 Å². The summed E-state index contributed by atoms with van der Waals surface area (Å²) >= 11 is 0. The molecule has 0 aliphatic carbocycles. The molecule has 0 spiro atoms. The maximum atomic E-state index is 6.09. The minimum Gasteiger partial charge on any atom is -0.490 e. The van der Waals surface area contributed by atoms with E-state index < -0.39 is 0 Å². The molecule has 2 aliphatic heterocycles. The van der Waals surface area contributed by atoms with Gasteiger partial charge in [0.25, 0.3) is 0 Å². The van der Waals surface area contributed by atoms with Crippen LogP contribution in [0.3, 0.4) is 0 Å². The zero-order valence-electron chi connectivity index (χ0n) is 18.0. The molecule has 0 aromatic heterocycles. The number of nitrogens with one attached hydrogen (secondary N) is 4. The Balaban J connectivity index is 1.36. The lowest BCUT2D eigenvalue weighted by Crippen LogP contribution is -2.39. The van der Waals surface area contributed by atoms with Crippen molar-refractivity contribution < 1.29 is 4.74 Å². The van der Waals surface area contributed by atoms with Crippen molar-refractivity contribution in [3.8, 4) is 5.75 Å². The second kappa shape index (κ2) is 9.22. The molecule has 0 bridgehead atoms. The Bertz CT molecular complexity index is 929. The summed E-state index contributed by atoms with van der Waals surface area (Å²) in [5.41, 5.74) is 5.68. The van der Waals surface area contributed by atoms with Crippen molar-refractivity contribution in [2.24, 2.45) is 4.99 Å². The van der Waals surface area contributed by atoms with Crippen LogP contribution in [0.2, 0.25) is 0 Å². The van der Waals surface area contributed by atoms with E-state index in [0.29, 0.717) is 6.10 Å². The summed E-state index contributed by atoms with van der Waals surface area (Å²) in [5.74, 6) is 1.88. The van der Waals surface area contributed by atoms with Crippen LogP contribution in [-0.4, -0.2) is 31.7 Å². The fourth-order valence-corrected chi connectivity index (χ4v) is 3.66. The molecule has 2 aromatic rings. The first-order chi connectivity index (χ1) is 14.6. The zero-order chi connectivity index (χ0) is 20.9. The van der Waals surface area contributed by atoms with Gasteiger partial charge in [-0.15, -0.1) is 0 Å². The summed E-state index contributed by atoms with van der Waals surface area (Å²) < 4.78 is 6.09. The lowest BCUT2D eigenvalue weighted by molar-refractivity contribution is 0.162. The summed E-state index contributed by atoms with van der Waals surface area (Å²) in [4.78, 5) is 4.57. The van der Waals surface area contributed by atoms with E-state index in [1.165, 1.54) is 11.1 Å². The molecule has 4 N–H and O–H groups in total. The number of ether oxygens (including phenoxy) is 1.